The predicted molar refractivity (Wildman–Crippen MR) is 405 cm³/mol. The van der Waals surface area contributed by atoms with E-state index >= 15 is 0 Å². The van der Waals surface area contributed by atoms with E-state index in [9.17, 15) is 71.9 Å². The summed E-state index contributed by atoms with van der Waals surface area (Å²) >= 11 is 18.2. The molecule has 0 unspecified atom stereocenters. The average Bonchev–Trinajstić information content (AvgIpc) is 0.870. The van der Waals surface area contributed by atoms with E-state index < -0.39 is 106 Å². The summed E-state index contributed by atoms with van der Waals surface area (Å²) in [5, 5.41) is 33.6. The Labute approximate surface area is 654 Å². The van der Waals surface area contributed by atoms with Crippen molar-refractivity contribution < 1.29 is 159 Å². The molecule has 33 nitrogen and oxygen atoms in total. The Morgan fingerprint density at radius 2 is 0.509 bits per heavy atom. The summed E-state index contributed by atoms with van der Waals surface area (Å²) in [5.41, 5.74) is -2.59. The van der Waals surface area contributed by atoms with E-state index in [2.05, 4.69) is 92.9 Å². The molecule has 0 saturated heterocycles. The van der Waals surface area contributed by atoms with Crippen LogP contribution in [-0.4, -0.2) is 288 Å². The first-order chi connectivity index (χ1) is 49.4. The lowest BCUT2D eigenvalue weighted by Gasteiger charge is -2.31. The maximum atomic E-state index is 12.6. The number of ether oxygens (including phenoxy) is 14. The number of esters is 14. The largest absolute Gasteiger partial charge is 0.481 e. The first kappa shape index (κ1) is 112. The van der Waals surface area contributed by atoms with E-state index in [0.717, 1.165) is 65.7 Å². The van der Waals surface area contributed by atoms with Gasteiger partial charge in [-0.25, -0.2) is 24.0 Å². The van der Waals surface area contributed by atoms with Crippen LogP contribution in [0.15, 0.2) is 63.3 Å². The minimum Gasteiger partial charge on any atom is -0.481 e. The molecule has 0 heterocycles. The van der Waals surface area contributed by atoms with Crippen molar-refractivity contribution in [2.45, 2.75) is 66.7 Å². The number of aliphatic carboxylic acids is 1. The van der Waals surface area contributed by atoms with Crippen molar-refractivity contribution in [3.8, 4) is 0 Å². The number of rotatable bonds is 54. The minimum atomic E-state index is -1.13. The van der Waals surface area contributed by atoms with Gasteiger partial charge in [-0.3, -0.25) is 47.9 Å². The van der Waals surface area contributed by atoms with Crippen molar-refractivity contribution >= 4 is 184 Å². The highest BCUT2D eigenvalue weighted by Gasteiger charge is 2.36. The van der Waals surface area contributed by atoms with Gasteiger partial charge in [-0.15, -0.1) is 35.3 Å². The second kappa shape index (κ2) is 75.0. The zero-order valence-corrected chi connectivity index (χ0v) is 65.0. The summed E-state index contributed by atoms with van der Waals surface area (Å²) in [6, 6.07) is 0. The molecule has 0 bridgehead atoms. The molecule has 0 aliphatic carbocycles. The Bertz CT molecular complexity index is 2380. The predicted octanol–water partition coefficient (Wildman–Crippen LogP) is 3.06. The summed E-state index contributed by atoms with van der Waals surface area (Å²) in [5.74, 6) is -8.91. The average molecular weight is 1650 g/mol. The van der Waals surface area contributed by atoms with Gasteiger partial charge in [0.15, 0.2) is 0 Å². The number of carboxylic acids is 1. The molecule has 0 rings (SSSR count). The number of aliphatic hydroxyl groups excluding tert-OH is 3. The zero-order chi connectivity index (χ0) is 80.1. The zero-order valence-electron chi connectivity index (χ0n) is 59.0. The number of hydrogen-bond acceptors (Lipinski definition) is 39. The van der Waals surface area contributed by atoms with Crippen molar-refractivity contribution in [3.05, 3.63) is 63.3 Å². The van der Waals surface area contributed by atoms with E-state index in [1.807, 2.05) is 13.8 Å². The van der Waals surface area contributed by atoms with Crippen molar-refractivity contribution in [1.29, 1.82) is 0 Å². The maximum Gasteiger partial charge on any atom is 0.330 e. The molecule has 4 N–H and O–H groups in total. The Kier molecular flexibility index (Phi) is 79.6. The van der Waals surface area contributed by atoms with Gasteiger partial charge in [-0.05, 0) is 19.3 Å². The minimum absolute atomic E-state index is 0. The van der Waals surface area contributed by atoms with Gasteiger partial charge in [0.1, 0.15) is 92.5 Å². The maximum absolute atomic E-state index is 12.6. The topological polar surface area (TPSA) is 466 Å². The van der Waals surface area contributed by atoms with Crippen LogP contribution in [0.3, 0.4) is 0 Å². The number of carbonyl (C=O) groups excluding carboxylic acids is 14. The third-order valence-corrected chi connectivity index (χ3v) is 16.0. The van der Waals surface area contributed by atoms with Crippen LogP contribution in [0, 0.1) is 16.2 Å². The second-order valence-corrected chi connectivity index (χ2v) is 24.5. The fourth-order valence-electron chi connectivity index (χ4n) is 5.63. The molecule has 0 spiro atoms. The van der Waals surface area contributed by atoms with Gasteiger partial charge in [-0.1, -0.05) is 61.1 Å². The van der Waals surface area contributed by atoms with Crippen molar-refractivity contribution in [3.63, 3.8) is 0 Å². The first-order valence-corrected chi connectivity index (χ1v) is 37.0. The van der Waals surface area contributed by atoms with Crippen LogP contribution in [0.4, 0.5) is 0 Å². The number of hydrogen-bond donors (Lipinski definition) is 8. The van der Waals surface area contributed by atoms with Gasteiger partial charge in [0, 0.05) is 61.5 Å². The van der Waals surface area contributed by atoms with Gasteiger partial charge >= 0.3 is 89.5 Å². The highest BCUT2D eigenvalue weighted by Crippen LogP contribution is 2.27. The lowest BCUT2D eigenvalue weighted by atomic mass is 9.88. The molecule has 0 aromatic rings. The Hall–Kier alpha value is -6.86. The van der Waals surface area contributed by atoms with Crippen molar-refractivity contribution in [2.75, 3.05) is 170 Å². The number of thioether (sulfide) groups is 3. The van der Waals surface area contributed by atoms with Gasteiger partial charge in [0.05, 0.1) is 90.2 Å². The Balaban J connectivity index is -0.000000320. The molecule has 41 heteroatoms. The van der Waals surface area contributed by atoms with Gasteiger partial charge < -0.3 is 86.7 Å². The molecule has 106 heavy (non-hydrogen) atoms. The summed E-state index contributed by atoms with van der Waals surface area (Å²) < 4.78 is 69.5. The fraction of sp³-hybridized carbons (Fsp3) is 0.615. The smallest absolute Gasteiger partial charge is 0.330 e. The molecule has 0 aromatic carbocycles. The van der Waals surface area contributed by atoms with Crippen LogP contribution < -0.4 is 0 Å². The monoisotopic (exact) mass is 1650 g/mol. The van der Waals surface area contributed by atoms with Crippen LogP contribution in [0.5, 0.6) is 0 Å². The van der Waals surface area contributed by atoms with Gasteiger partial charge in [-0.2, -0.15) is 50.5 Å². The van der Waals surface area contributed by atoms with E-state index in [-0.39, 0.29) is 211 Å². The molecular weight excluding hydrogens is 1540 g/mol. The van der Waals surface area contributed by atoms with Gasteiger partial charge in [0.2, 0.25) is 0 Å². The van der Waals surface area contributed by atoms with Gasteiger partial charge in [0.25, 0.3) is 0 Å². The van der Waals surface area contributed by atoms with Crippen molar-refractivity contribution in [2.24, 2.45) is 16.2 Å². The molecule has 0 atom stereocenters. The number of thiol groups is 4. The van der Waals surface area contributed by atoms with E-state index in [1.54, 1.807) is 6.92 Å². The van der Waals surface area contributed by atoms with Crippen LogP contribution in [0.1, 0.15) is 66.7 Å². The third-order valence-electron chi connectivity index (χ3n) is 12.2. The third kappa shape index (κ3) is 68.9. The number of aliphatic hydroxyl groups is 3. The lowest BCUT2D eigenvalue weighted by Crippen LogP contribution is -2.39. The molecule has 0 saturated carbocycles. The Morgan fingerprint density at radius 3 is 0.660 bits per heavy atom. The lowest BCUT2D eigenvalue weighted by molar-refractivity contribution is -0.161. The van der Waals surface area contributed by atoms with Crippen LogP contribution in [0.25, 0.3) is 0 Å². The van der Waals surface area contributed by atoms with Crippen LogP contribution >= 0.6 is 85.8 Å². The normalized spacial score (nSPS) is 10.1. The molecule has 0 aliphatic rings. The summed E-state index contributed by atoms with van der Waals surface area (Å²) in [4.78, 5) is 170. The standard InChI is InChI=1S/C36H50O18S3.C12H20O6S3.C8H10O4.C6H14O3.C2H4O2S.CH4.B/c1-5-27(37)46-12-15-49-30(40)9-18-55-21-33(43)52-24-36(8-4,25-53-34(44)22-56-19-10-31(41)50-16-13-47-28(38)6-2)26-54-35(45)23-57-20-11-32(42)51-17-14-48-29(39)7-3;1-2-12(6-16-9(13)3-19,7-17-10(14)4-20)8-18-11(15)5-21;1-3-7(9)11-5-6-12-8(10)4-2;1-2-6(3-7,4-8)5-9;3-2(4)1-5;;/h5-7H,1-3,8-26H2,4H3;19-21H,2-8H2,1H3;3-4H,1-2,5-6H2;7-9H,2-5H2,1H3;5H,1H2,(H,3,4);1H4;. The molecule has 0 fully saturated rings. The molecular formula is C65H102BO33S7. The fourth-order valence-corrected chi connectivity index (χ4v) is 8.02. The summed E-state index contributed by atoms with van der Waals surface area (Å²) in [6.07, 6.45) is 6.29. The van der Waals surface area contributed by atoms with Crippen LogP contribution in [0.2, 0.25) is 0 Å². The van der Waals surface area contributed by atoms with E-state index in [4.69, 9.17) is 77.3 Å². The quantitative estimate of drug-likeness (QED) is 0.0108. The SMILES string of the molecule is C.C=CC(=O)OCCOC(=O)C=C.C=CC(=O)OCCOC(=O)CCSCC(=O)OCC(CC)(COC(=O)CSCCC(=O)OCCOC(=O)C=C)COC(=O)CSCCC(=O)OCCOC(=O)C=C.CCC(CO)(CO)CO.CCC(COC(=O)CS)(COC(=O)CS)COC(=O)CS.O=C(O)CS.[B]. The highest BCUT2D eigenvalue weighted by molar-refractivity contribution is 8.00. The first-order valence-electron chi connectivity index (χ1n) is 31.0. The number of carbonyl (C=O) groups is 15. The summed E-state index contributed by atoms with van der Waals surface area (Å²) in [6.45, 7) is 19.4. The highest BCUT2D eigenvalue weighted by atomic mass is 32.2. The van der Waals surface area contributed by atoms with Crippen LogP contribution in [-0.2, 0) is 138 Å². The van der Waals surface area contributed by atoms with Crippen molar-refractivity contribution in [1.82, 2.24) is 0 Å². The molecule has 0 amide bonds. The molecule has 3 radical (unpaired) electrons. The number of carboxylic acid groups (broad SMARTS) is 1. The molecule has 0 aromatic heterocycles. The van der Waals surface area contributed by atoms with E-state index in [0.29, 0.717) is 12.8 Å². The van der Waals surface area contributed by atoms with E-state index in [1.165, 1.54) is 0 Å². The summed E-state index contributed by atoms with van der Waals surface area (Å²) in [7, 11) is 0. The Morgan fingerprint density at radius 1 is 0.321 bits per heavy atom. The molecule has 605 valence electrons. The molecule has 0 aliphatic heterocycles. The second-order valence-electron chi connectivity index (χ2n) is 20.0.